The van der Waals surface area contributed by atoms with Gasteiger partial charge in [-0.1, -0.05) is 6.58 Å². The minimum atomic E-state index is -1.90. The molecule has 15 heavy (non-hydrogen) atoms. The first-order valence-corrected chi connectivity index (χ1v) is 3.51. The number of aromatic nitrogens is 1. The Labute approximate surface area is 81.0 Å². The molecule has 0 aromatic carbocycles. The zero-order valence-electron chi connectivity index (χ0n) is 7.06. The Kier molecular flexibility index (Phi) is 3.03. The molecule has 0 fully saturated rings. The van der Waals surface area contributed by atoms with Crippen LogP contribution in [0.1, 0.15) is 0 Å². The van der Waals surface area contributed by atoms with Gasteiger partial charge in [-0.2, -0.15) is 22.5 Å². The maximum absolute atomic E-state index is 12.8. The van der Waals surface area contributed by atoms with Crippen LogP contribution in [0.2, 0.25) is 0 Å². The van der Waals surface area contributed by atoms with Gasteiger partial charge in [0.1, 0.15) is 0 Å². The summed E-state index contributed by atoms with van der Waals surface area (Å²) in [5, 5.41) is 0. The van der Waals surface area contributed by atoms with Crippen molar-refractivity contribution in [3.8, 4) is 5.75 Å². The van der Waals surface area contributed by atoms with Crippen molar-refractivity contribution in [2.45, 2.75) is 0 Å². The Morgan fingerprint density at radius 1 is 1.20 bits per heavy atom. The highest BCUT2D eigenvalue weighted by Crippen LogP contribution is 2.24. The Balaban J connectivity index is 3.26. The van der Waals surface area contributed by atoms with Gasteiger partial charge in [0.15, 0.2) is 0 Å². The molecule has 7 heteroatoms. The number of ether oxygens (including phenoxy) is 1. The summed E-state index contributed by atoms with van der Waals surface area (Å²) in [6, 6.07) is 0. The van der Waals surface area contributed by atoms with E-state index in [0.717, 1.165) is 0 Å². The number of carbonyl (C=O) groups is 1. The van der Waals surface area contributed by atoms with E-state index in [2.05, 4.69) is 16.3 Å². The first-order valence-electron chi connectivity index (χ1n) is 3.51. The maximum Gasteiger partial charge on any atom is 0.335 e. The highest BCUT2D eigenvalue weighted by atomic mass is 19.2. The molecule has 3 nitrogen and oxygen atoms in total. The van der Waals surface area contributed by atoms with Crippen LogP contribution < -0.4 is 4.74 Å². The van der Waals surface area contributed by atoms with Gasteiger partial charge in [0.2, 0.25) is 17.4 Å². The molecule has 0 aliphatic carbocycles. The molecule has 0 radical (unpaired) electrons. The van der Waals surface area contributed by atoms with E-state index in [4.69, 9.17) is 0 Å². The van der Waals surface area contributed by atoms with Crippen LogP contribution in [-0.4, -0.2) is 11.0 Å². The van der Waals surface area contributed by atoms with Crippen LogP contribution in [0.15, 0.2) is 12.7 Å². The van der Waals surface area contributed by atoms with Gasteiger partial charge in [0, 0.05) is 6.08 Å². The molecule has 1 aromatic heterocycles. The van der Waals surface area contributed by atoms with Gasteiger partial charge in [-0.25, -0.2) is 4.79 Å². The Bertz CT molecular complexity index is 407. The summed E-state index contributed by atoms with van der Waals surface area (Å²) in [7, 11) is 0. The van der Waals surface area contributed by atoms with Crippen molar-refractivity contribution in [3.05, 3.63) is 36.2 Å². The van der Waals surface area contributed by atoms with E-state index in [0.29, 0.717) is 6.08 Å². The van der Waals surface area contributed by atoms with Crippen molar-refractivity contribution < 1.29 is 27.1 Å². The highest BCUT2D eigenvalue weighted by molar-refractivity contribution is 5.83. The van der Waals surface area contributed by atoms with Crippen LogP contribution in [0.25, 0.3) is 0 Å². The molecule has 0 atom stereocenters. The normalized spacial score (nSPS) is 9.87. The molecule has 0 amide bonds. The second-order valence-electron chi connectivity index (χ2n) is 2.28. The van der Waals surface area contributed by atoms with Crippen LogP contribution >= 0.6 is 0 Å². The molecule has 0 saturated heterocycles. The fraction of sp³-hybridized carbons (Fsp3) is 0. The van der Waals surface area contributed by atoms with E-state index in [1.807, 2.05) is 0 Å². The molecule has 1 rings (SSSR count). The average Bonchev–Trinajstić information content (AvgIpc) is 2.21. The minimum absolute atomic E-state index is 0.578. The fourth-order valence-corrected chi connectivity index (χ4v) is 0.700. The van der Waals surface area contributed by atoms with Gasteiger partial charge in [-0.3, -0.25) is 0 Å². The summed E-state index contributed by atoms with van der Waals surface area (Å²) >= 11 is 0. The number of rotatable bonds is 2. The van der Waals surface area contributed by atoms with Gasteiger partial charge in [0.05, 0.1) is 0 Å². The van der Waals surface area contributed by atoms with Gasteiger partial charge >= 0.3 is 5.97 Å². The monoisotopic (exact) mass is 221 g/mol. The molecular weight excluding hydrogens is 218 g/mol. The van der Waals surface area contributed by atoms with Crippen molar-refractivity contribution in [2.24, 2.45) is 0 Å². The lowest BCUT2D eigenvalue weighted by molar-refractivity contribution is -0.129. The van der Waals surface area contributed by atoms with E-state index in [9.17, 15) is 22.4 Å². The third-order valence-corrected chi connectivity index (χ3v) is 1.33. The molecule has 0 unspecified atom stereocenters. The quantitative estimate of drug-likeness (QED) is 0.330. The summed E-state index contributed by atoms with van der Waals surface area (Å²) in [6.07, 6.45) is 0.578. The van der Waals surface area contributed by atoms with Crippen LogP contribution in [-0.2, 0) is 4.79 Å². The summed E-state index contributed by atoms with van der Waals surface area (Å²) in [4.78, 5) is 12.8. The molecule has 0 N–H and O–H groups in total. The number of nitrogens with zero attached hydrogens (tertiary/aromatic N) is 1. The molecular formula is C8H3F4NO2. The van der Waals surface area contributed by atoms with Crippen LogP contribution in [0.3, 0.4) is 0 Å². The standard InChI is InChI=1S/C8H3F4NO2/c1-2-3(14)15-6-4(9)7(11)13-8(12)5(6)10/h2H,1H2. The SMILES string of the molecule is C=CC(=O)Oc1c(F)c(F)nc(F)c1F. The van der Waals surface area contributed by atoms with Gasteiger partial charge in [-0.05, 0) is 0 Å². The zero-order chi connectivity index (χ0) is 11.6. The smallest absolute Gasteiger partial charge is 0.335 e. The van der Waals surface area contributed by atoms with Gasteiger partial charge < -0.3 is 4.74 Å². The van der Waals surface area contributed by atoms with Gasteiger partial charge in [-0.15, -0.1) is 0 Å². The van der Waals surface area contributed by atoms with Crippen molar-refractivity contribution in [2.75, 3.05) is 0 Å². The van der Waals surface area contributed by atoms with Crippen molar-refractivity contribution in [3.63, 3.8) is 0 Å². The first kappa shape index (κ1) is 11.2. The van der Waals surface area contributed by atoms with Crippen molar-refractivity contribution in [1.29, 1.82) is 0 Å². The molecule has 0 aliphatic heterocycles. The predicted molar refractivity (Wildman–Crippen MR) is 39.9 cm³/mol. The minimum Gasteiger partial charge on any atom is -0.417 e. The average molecular weight is 221 g/mol. The topological polar surface area (TPSA) is 39.2 Å². The Morgan fingerprint density at radius 3 is 2.07 bits per heavy atom. The second-order valence-corrected chi connectivity index (χ2v) is 2.28. The third kappa shape index (κ3) is 2.12. The molecule has 0 spiro atoms. The van der Waals surface area contributed by atoms with E-state index < -0.39 is 35.2 Å². The van der Waals surface area contributed by atoms with E-state index >= 15 is 0 Å². The van der Waals surface area contributed by atoms with E-state index in [1.54, 1.807) is 0 Å². The predicted octanol–water partition coefficient (Wildman–Crippen LogP) is 1.73. The molecule has 1 aromatic rings. The summed E-state index contributed by atoms with van der Waals surface area (Å²) in [6.45, 7) is 2.94. The Hall–Kier alpha value is -1.92. The second kappa shape index (κ2) is 4.07. The molecule has 0 saturated carbocycles. The van der Waals surface area contributed by atoms with Crippen molar-refractivity contribution >= 4 is 5.97 Å². The summed E-state index contributed by atoms with van der Waals surface area (Å²) in [5.41, 5.74) is 0. The number of hydrogen-bond donors (Lipinski definition) is 0. The maximum atomic E-state index is 12.8. The Morgan fingerprint density at radius 2 is 1.67 bits per heavy atom. The number of halogens is 4. The number of esters is 1. The lowest BCUT2D eigenvalue weighted by atomic mass is 10.4. The molecule has 0 bridgehead atoms. The van der Waals surface area contributed by atoms with Crippen LogP contribution in [0.5, 0.6) is 5.75 Å². The van der Waals surface area contributed by atoms with Gasteiger partial charge in [0.25, 0.3) is 11.9 Å². The fourth-order valence-electron chi connectivity index (χ4n) is 0.700. The number of hydrogen-bond acceptors (Lipinski definition) is 3. The van der Waals surface area contributed by atoms with Crippen LogP contribution in [0, 0.1) is 23.5 Å². The van der Waals surface area contributed by atoms with E-state index in [1.165, 1.54) is 0 Å². The van der Waals surface area contributed by atoms with Crippen LogP contribution in [0.4, 0.5) is 17.6 Å². The van der Waals surface area contributed by atoms with E-state index in [-0.39, 0.29) is 0 Å². The molecule has 0 aliphatic rings. The lowest BCUT2D eigenvalue weighted by Gasteiger charge is -2.04. The molecule has 1 heterocycles. The lowest BCUT2D eigenvalue weighted by Crippen LogP contribution is -2.10. The largest absolute Gasteiger partial charge is 0.417 e. The number of pyridine rings is 1. The van der Waals surface area contributed by atoms with Crippen molar-refractivity contribution in [1.82, 2.24) is 4.98 Å². The molecule has 80 valence electrons. The summed E-state index contributed by atoms with van der Waals surface area (Å²) in [5.74, 6) is -10.3. The highest BCUT2D eigenvalue weighted by Gasteiger charge is 2.23. The number of carbonyl (C=O) groups excluding carboxylic acids is 1. The zero-order valence-corrected chi connectivity index (χ0v) is 7.06. The first-order chi connectivity index (χ1) is 6.97. The third-order valence-electron chi connectivity index (χ3n) is 1.33. The summed E-state index contributed by atoms with van der Waals surface area (Å²) < 4.78 is 54.5.